The van der Waals surface area contributed by atoms with Crippen LogP contribution in [0.1, 0.15) is 6.42 Å². The third kappa shape index (κ3) is 1.79. The van der Waals surface area contributed by atoms with E-state index in [2.05, 4.69) is 0 Å². The van der Waals surface area contributed by atoms with Crippen LogP contribution < -0.4 is 4.90 Å². The van der Waals surface area contributed by atoms with E-state index in [9.17, 15) is 9.59 Å². The standard InChI is InChI=1S/C20H13Cl6NO2/c21-14-15(22)19(24)13-9-6-8(12(13)18(14,23)20(19,25)26)10-11(9)17(29)27(16(10)28)7-4-2-1-3-5-7/h1-5,8-13H,6H2/t8-,9+,10-,11-,12+,13+,18-,19-/m0/s1. The Bertz CT molecular complexity index is 969. The first-order valence-corrected chi connectivity index (χ1v) is 11.6. The average Bonchev–Trinajstić information content (AvgIpc) is 3.39. The van der Waals surface area contributed by atoms with Crippen LogP contribution in [-0.4, -0.2) is 25.9 Å². The molecule has 4 aliphatic carbocycles. The lowest BCUT2D eigenvalue weighted by Gasteiger charge is -2.42. The molecule has 1 aromatic rings. The van der Waals surface area contributed by atoms with E-state index < -0.39 is 25.9 Å². The highest BCUT2D eigenvalue weighted by Gasteiger charge is 2.88. The van der Waals surface area contributed by atoms with Crippen LogP contribution in [0.25, 0.3) is 0 Å². The van der Waals surface area contributed by atoms with Crippen molar-refractivity contribution in [2.24, 2.45) is 35.5 Å². The second-order valence-electron chi connectivity index (χ2n) is 8.64. The van der Waals surface area contributed by atoms with E-state index in [0.29, 0.717) is 12.1 Å². The van der Waals surface area contributed by atoms with Crippen molar-refractivity contribution in [1.29, 1.82) is 0 Å². The predicted molar refractivity (Wildman–Crippen MR) is 115 cm³/mol. The molecule has 1 aromatic carbocycles. The molecule has 0 unspecified atom stereocenters. The van der Waals surface area contributed by atoms with Crippen molar-refractivity contribution < 1.29 is 9.59 Å². The summed E-state index contributed by atoms with van der Waals surface area (Å²) in [6.45, 7) is 0. The van der Waals surface area contributed by atoms with Crippen molar-refractivity contribution in [3.8, 4) is 0 Å². The van der Waals surface area contributed by atoms with Gasteiger partial charge in [-0.15, -0.1) is 23.2 Å². The number of carbonyl (C=O) groups excluding carboxylic acids is 2. The number of alkyl halides is 4. The Labute approximate surface area is 197 Å². The smallest absolute Gasteiger partial charge is 0.237 e. The molecular formula is C20H13Cl6NO2. The first kappa shape index (κ1) is 19.5. The summed E-state index contributed by atoms with van der Waals surface area (Å²) in [7, 11) is 0. The summed E-state index contributed by atoms with van der Waals surface area (Å²) < 4.78 is -1.63. The Kier molecular flexibility index (Phi) is 3.77. The van der Waals surface area contributed by atoms with Gasteiger partial charge >= 0.3 is 0 Å². The van der Waals surface area contributed by atoms with E-state index in [1.807, 2.05) is 6.07 Å². The van der Waals surface area contributed by atoms with Gasteiger partial charge in [0.2, 0.25) is 11.8 Å². The summed E-state index contributed by atoms with van der Waals surface area (Å²) in [4.78, 5) is 25.3. The molecule has 4 fully saturated rings. The second-order valence-corrected chi connectivity index (χ2v) is 11.9. The Morgan fingerprint density at radius 2 is 1.24 bits per heavy atom. The van der Waals surface area contributed by atoms with Gasteiger partial charge in [-0.2, -0.15) is 0 Å². The molecule has 1 heterocycles. The van der Waals surface area contributed by atoms with Crippen molar-refractivity contribution in [3.63, 3.8) is 0 Å². The number of rotatable bonds is 1. The summed E-state index contributed by atoms with van der Waals surface area (Å²) in [6, 6.07) is 8.95. The van der Waals surface area contributed by atoms with E-state index in [1.54, 1.807) is 24.3 Å². The Balaban J connectivity index is 1.49. The van der Waals surface area contributed by atoms with Crippen molar-refractivity contribution in [2.45, 2.75) is 20.5 Å². The van der Waals surface area contributed by atoms with E-state index in [-0.39, 0.29) is 45.6 Å². The van der Waals surface area contributed by atoms with Crippen molar-refractivity contribution in [1.82, 2.24) is 0 Å². The van der Waals surface area contributed by atoms with Crippen LogP contribution in [0.3, 0.4) is 0 Å². The molecule has 152 valence electrons. The topological polar surface area (TPSA) is 37.4 Å². The van der Waals surface area contributed by atoms with Gasteiger partial charge < -0.3 is 0 Å². The first-order valence-electron chi connectivity index (χ1n) is 9.34. The average molecular weight is 512 g/mol. The molecule has 1 aliphatic heterocycles. The largest absolute Gasteiger partial charge is 0.274 e. The Morgan fingerprint density at radius 3 is 1.69 bits per heavy atom. The number of hydrogen-bond acceptors (Lipinski definition) is 2. The minimum atomic E-state index is -1.63. The van der Waals surface area contributed by atoms with Gasteiger partial charge in [0.15, 0.2) is 4.33 Å². The molecule has 0 N–H and O–H groups in total. The van der Waals surface area contributed by atoms with Gasteiger partial charge in [0, 0.05) is 0 Å². The van der Waals surface area contributed by atoms with Gasteiger partial charge in [-0.05, 0) is 42.2 Å². The molecular weight excluding hydrogens is 499 g/mol. The van der Waals surface area contributed by atoms with E-state index in [0.717, 1.165) is 0 Å². The third-order valence-corrected chi connectivity index (χ3v) is 12.1. The molecule has 6 rings (SSSR count). The second kappa shape index (κ2) is 5.60. The number of nitrogens with zero attached hydrogens (tertiary/aromatic N) is 1. The number of benzene rings is 1. The molecule has 1 saturated heterocycles. The Hall–Kier alpha value is -0.160. The minimum absolute atomic E-state index is 0.155. The monoisotopic (exact) mass is 509 g/mol. The minimum Gasteiger partial charge on any atom is -0.274 e. The van der Waals surface area contributed by atoms with Gasteiger partial charge in [-0.3, -0.25) is 14.5 Å². The van der Waals surface area contributed by atoms with Crippen LogP contribution in [0.15, 0.2) is 40.4 Å². The molecule has 29 heavy (non-hydrogen) atoms. The fourth-order valence-electron chi connectivity index (χ4n) is 6.98. The number of allylic oxidation sites excluding steroid dienone is 2. The number of hydrogen-bond donors (Lipinski definition) is 0. The molecule has 0 radical (unpaired) electrons. The predicted octanol–water partition coefficient (Wildman–Crippen LogP) is 5.52. The first-order chi connectivity index (χ1) is 13.6. The molecule has 2 amide bonds. The summed E-state index contributed by atoms with van der Waals surface area (Å²) in [5.74, 6) is -2.39. The fraction of sp³-hybridized carbons (Fsp3) is 0.500. The molecule has 3 saturated carbocycles. The van der Waals surface area contributed by atoms with Crippen molar-refractivity contribution >= 4 is 87.1 Å². The number of amides is 2. The Morgan fingerprint density at radius 1 is 0.793 bits per heavy atom. The van der Waals surface area contributed by atoms with Gasteiger partial charge in [0.25, 0.3) is 0 Å². The number of halogens is 6. The zero-order chi connectivity index (χ0) is 20.7. The van der Waals surface area contributed by atoms with Crippen LogP contribution in [0.5, 0.6) is 0 Å². The van der Waals surface area contributed by atoms with Gasteiger partial charge in [0.05, 0.1) is 27.6 Å². The highest BCUT2D eigenvalue weighted by molar-refractivity contribution is 6.65. The number of carbonyl (C=O) groups is 2. The van der Waals surface area contributed by atoms with Crippen LogP contribution in [-0.2, 0) is 9.59 Å². The van der Waals surface area contributed by atoms with E-state index in [1.165, 1.54) is 4.90 Å². The number of imide groups is 1. The SMILES string of the molecule is O=C1[C@H]2[C@H]3C[C@@H]([C@@H]2C(=O)N1c1ccccc1)[C@@H]1[C@@H]3[C@]2(Cl)C(Cl)=C(Cl)[C@]1(Cl)C2(Cl)Cl. The molecule has 0 aromatic heterocycles. The molecule has 3 nitrogen and oxygen atoms in total. The van der Waals surface area contributed by atoms with Gasteiger partial charge in [-0.1, -0.05) is 64.6 Å². The van der Waals surface area contributed by atoms with E-state index >= 15 is 0 Å². The molecule has 8 atom stereocenters. The number of anilines is 1. The van der Waals surface area contributed by atoms with Gasteiger partial charge in [-0.25, -0.2) is 0 Å². The molecule has 4 bridgehead atoms. The zero-order valence-corrected chi connectivity index (χ0v) is 19.1. The quantitative estimate of drug-likeness (QED) is 0.283. The van der Waals surface area contributed by atoms with Gasteiger partial charge in [0.1, 0.15) is 9.75 Å². The van der Waals surface area contributed by atoms with Crippen LogP contribution >= 0.6 is 69.6 Å². The maximum atomic E-state index is 13.4. The summed E-state index contributed by atoms with van der Waals surface area (Å²) >= 11 is 40.5. The van der Waals surface area contributed by atoms with Crippen molar-refractivity contribution in [2.75, 3.05) is 4.90 Å². The van der Waals surface area contributed by atoms with Crippen molar-refractivity contribution in [3.05, 3.63) is 40.4 Å². The maximum absolute atomic E-state index is 13.4. The number of para-hydroxylation sites is 1. The lowest BCUT2D eigenvalue weighted by Crippen LogP contribution is -2.46. The highest BCUT2D eigenvalue weighted by Crippen LogP contribution is 2.84. The summed E-state index contributed by atoms with van der Waals surface area (Å²) in [5, 5.41) is 0.311. The molecule has 5 aliphatic rings. The highest BCUT2D eigenvalue weighted by atomic mass is 35.5. The molecule has 9 heteroatoms. The fourth-order valence-corrected chi connectivity index (χ4v) is 10.1. The maximum Gasteiger partial charge on any atom is 0.237 e. The van der Waals surface area contributed by atoms with Crippen LogP contribution in [0, 0.1) is 35.5 Å². The van der Waals surface area contributed by atoms with E-state index in [4.69, 9.17) is 69.6 Å². The lowest BCUT2D eigenvalue weighted by atomic mass is 9.65. The number of fused-ring (bicyclic) bond motifs is 12. The van der Waals surface area contributed by atoms with Crippen LogP contribution in [0.4, 0.5) is 5.69 Å². The lowest BCUT2D eigenvalue weighted by molar-refractivity contribution is -0.123. The molecule has 0 spiro atoms. The summed E-state index contributed by atoms with van der Waals surface area (Å²) in [6.07, 6.45) is 0.659. The third-order valence-electron chi connectivity index (χ3n) is 7.85. The normalized spacial score (nSPS) is 48.7. The zero-order valence-electron chi connectivity index (χ0n) is 14.6. The van der Waals surface area contributed by atoms with Crippen LogP contribution in [0.2, 0.25) is 0 Å². The summed E-state index contributed by atoms with van der Waals surface area (Å²) in [5.41, 5.74) is 0.573.